The number of carbonyl (C=O) groups is 1. The molecule has 0 aromatic rings. The van der Waals surface area contributed by atoms with Gasteiger partial charge in [0, 0.05) is 25.6 Å². The van der Waals surface area contributed by atoms with Crippen LogP contribution in [-0.2, 0) is 4.79 Å². The third-order valence-corrected chi connectivity index (χ3v) is 3.29. The number of amides is 1. The zero-order valence-electron chi connectivity index (χ0n) is 8.80. The van der Waals surface area contributed by atoms with Crippen molar-refractivity contribution in [1.29, 1.82) is 0 Å². The Morgan fingerprint density at radius 2 is 2.00 bits per heavy atom. The lowest BCUT2D eigenvalue weighted by Crippen LogP contribution is -2.38. The first kappa shape index (κ1) is 9.97. The fourth-order valence-electron chi connectivity index (χ4n) is 2.41. The zero-order valence-corrected chi connectivity index (χ0v) is 8.80. The molecule has 2 aliphatic rings. The molecule has 0 bridgehead atoms. The molecule has 0 aromatic carbocycles. The number of carbonyl (C=O) groups excluding carboxylic acids is 1. The van der Waals surface area contributed by atoms with Crippen molar-refractivity contribution in [3.05, 3.63) is 0 Å². The third kappa shape index (κ3) is 2.47. The molecule has 3 nitrogen and oxygen atoms in total. The minimum atomic E-state index is 0.365. The summed E-state index contributed by atoms with van der Waals surface area (Å²) in [6.45, 7) is 3.08. The summed E-state index contributed by atoms with van der Waals surface area (Å²) in [6.07, 6.45) is 6.83. The summed E-state index contributed by atoms with van der Waals surface area (Å²) < 4.78 is 0. The first-order valence-corrected chi connectivity index (χ1v) is 5.87. The van der Waals surface area contributed by atoms with Crippen molar-refractivity contribution in [2.45, 2.75) is 44.6 Å². The summed E-state index contributed by atoms with van der Waals surface area (Å²) in [6, 6.07) is 0.462. The van der Waals surface area contributed by atoms with Gasteiger partial charge in [-0.25, -0.2) is 0 Å². The summed E-state index contributed by atoms with van der Waals surface area (Å²) in [7, 11) is 0. The normalized spacial score (nSPS) is 28.0. The fourth-order valence-corrected chi connectivity index (χ4v) is 2.41. The summed E-state index contributed by atoms with van der Waals surface area (Å²) in [5, 5.41) is 3.38. The molecule has 0 radical (unpaired) electrons. The van der Waals surface area contributed by atoms with E-state index in [4.69, 9.17) is 0 Å². The van der Waals surface area contributed by atoms with Gasteiger partial charge >= 0.3 is 0 Å². The second-order valence-electron chi connectivity index (χ2n) is 4.44. The first-order chi connectivity index (χ1) is 6.86. The molecule has 2 heterocycles. The van der Waals surface area contributed by atoms with Crippen LogP contribution < -0.4 is 5.32 Å². The van der Waals surface area contributed by atoms with Gasteiger partial charge in [-0.05, 0) is 38.6 Å². The molecular weight excluding hydrogens is 176 g/mol. The highest BCUT2D eigenvalue weighted by atomic mass is 16.2. The molecule has 2 fully saturated rings. The Labute approximate surface area is 85.8 Å². The van der Waals surface area contributed by atoms with Crippen LogP contribution in [0, 0.1) is 0 Å². The van der Waals surface area contributed by atoms with Gasteiger partial charge in [-0.2, -0.15) is 0 Å². The summed E-state index contributed by atoms with van der Waals surface area (Å²) in [5.74, 6) is 0.365. The Morgan fingerprint density at radius 1 is 1.21 bits per heavy atom. The van der Waals surface area contributed by atoms with Gasteiger partial charge in [0.25, 0.3) is 0 Å². The van der Waals surface area contributed by atoms with Crippen LogP contribution in [-0.4, -0.2) is 36.5 Å². The van der Waals surface area contributed by atoms with E-state index in [0.29, 0.717) is 11.9 Å². The van der Waals surface area contributed by atoms with E-state index in [-0.39, 0.29) is 0 Å². The SMILES string of the molecule is O=C(C[C@@H]1CCCN1)N1CCCCC1. The molecule has 1 atom stereocenters. The zero-order chi connectivity index (χ0) is 9.80. The Hall–Kier alpha value is -0.570. The molecule has 0 aliphatic carbocycles. The van der Waals surface area contributed by atoms with Crippen molar-refractivity contribution in [2.24, 2.45) is 0 Å². The maximum atomic E-state index is 11.8. The van der Waals surface area contributed by atoms with E-state index < -0.39 is 0 Å². The average Bonchev–Trinajstić information content (AvgIpc) is 2.72. The molecule has 2 saturated heterocycles. The Balaban J connectivity index is 1.75. The smallest absolute Gasteiger partial charge is 0.224 e. The molecule has 3 heteroatoms. The predicted molar refractivity (Wildman–Crippen MR) is 56.1 cm³/mol. The number of likely N-dealkylation sites (tertiary alicyclic amines) is 1. The molecule has 0 spiro atoms. The van der Waals surface area contributed by atoms with Crippen LogP contribution in [0.4, 0.5) is 0 Å². The molecule has 2 aliphatic heterocycles. The molecule has 2 rings (SSSR count). The second-order valence-corrected chi connectivity index (χ2v) is 4.44. The summed E-state index contributed by atoms with van der Waals surface area (Å²) in [4.78, 5) is 13.9. The lowest BCUT2D eigenvalue weighted by atomic mass is 10.1. The highest BCUT2D eigenvalue weighted by Gasteiger charge is 2.22. The number of piperidine rings is 1. The Kier molecular flexibility index (Phi) is 3.40. The molecule has 0 saturated carbocycles. The molecule has 0 unspecified atom stereocenters. The number of nitrogens with zero attached hydrogens (tertiary/aromatic N) is 1. The highest BCUT2D eigenvalue weighted by Crippen LogP contribution is 2.14. The van der Waals surface area contributed by atoms with Crippen molar-refractivity contribution < 1.29 is 4.79 Å². The average molecular weight is 196 g/mol. The van der Waals surface area contributed by atoms with Crippen LogP contribution in [0.3, 0.4) is 0 Å². The number of hydrogen-bond donors (Lipinski definition) is 1. The maximum Gasteiger partial charge on any atom is 0.224 e. The van der Waals surface area contributed by atoms with E-state index >= 15 is 0 Å². The van der Waals surface area contributed by atoms with Gasteiger partial charge in [0.15, 0.2) is 0 Å². The largest absolute Gasteiger partial charge is 0.343 e. The van der Waals surface area contributed by atoms with Crippen molar-refractivity contribution in [2.75, 3.05) is 19.6 Å². The molecule has 0 aromatic heterocycles. The van der Waals surface area contributed by atoms with Gasteiger partial charge < -0.3 is 10.2 Å². The van der Waals surface area contributed by atoms with Crippen LogP contribution >= 0.6 is 0 Å². The lowest BCUT2D eigenvalue weighted by Gasteiger charge is -2.27. The number of hydrogen-bond acceptors (Lipinski definition) is 2. The van der Waals surface area contributed by atoms with Crippen LogP contribution in [0.15, 0.2) is 0 Å². The predicted octanol–water partition coefficient (Wildman–Crippen LogP) is 1.14. The van der Waals surface area contributed by atoms with Crippen LogP contribution in [0.25, 0.3) is 0 Å². The van der Waals surface area contributed by atoms with E-state index in [1.807, 2.05) is 4.90 Å². The monoisotopic (exact) mass is 196 g/mol. The van der Waals surface area contributed by atoms with Gasteiger partial charge in [0.1, 0.15) is 0 Å². The van der Waals surface area contributed by atoms with Crippen LogP contribution in [0.5, 0.6) is 0 Å². The molecule has 1 amide bonds. The first-order valence-electron chi connectivity index (χ1n) is 5.87. The van der Waals surface area contributed by atoms with Gasteiger partial charge in [-0.3, -0.25) is 4.79 Å². The minimum absolute atomic E-state index is 0.365. The van der Waals surface area contributed by atoms with Crippen molar-refractivity contribution >= 4 is 5.91 Å². The number of nitrogens with one attached hydrogen (secondary N) is 1. The molecule has 80 valence electrons. The van der Waals surface area contributed by atoms with Gasteiger partial charge in [0.2, 0.25) is 5.91 Å². The topological polar surface area (TPSA) is 32.3 Å². The van der Waals surface area contributed by atoms with E-state index in [9.17, 15) is 4.79 Å². The van der Waals surface area contributed by atoms with E-state index in [2.05, 4.69) is 5.32 Å². The highest BCUT2D eigenvalue weighted by molar-refractivity contribution is 5.76. The van der Waals surface area contributed by atoms with Crippen LogP contribution in [0.1, 0.15) is 38.5 Å². The molecule has 14 heavy (non-hydrogen) atoms. The number of rotatable bonds is 2. The summed E-state index contributed by atoms with van der Waals surface area (Å²) in [5.41, 5.74) is 0. The lowest BCUT2D eigenvalue weighted by molar-refractivity contribution is -0.132. The quantitative estimate of drug-likeness (QED) is 0.718. The van der Waals surface area contributed by atoms with Crippen molar-refractivity contribution in [3.63, 3.8) is 0 Å². The molecule has 1 N–H and O–H groups in total. The maximum absolute atomic E-state index is 11.8. The van der Waals surface area contributed by atoms with E-state index in [0.717, 1.165) is 26.1 Å². The fraction of sp³-hybridized carbons (Fsp3) is 0.909. The van der Waals surface area contributed by atoms with Gasteiger partial charge in [0.05, 0.1) is 0 Å². The van der Waals surface area contributed by atoms with Gasteiger partial charge in [-0.15, -0.1) is 0 Å². The van der Waals surface area contributed by atoms with E-state index in [1.54, 1.807) is 0 Å². The second kappa shape index (κ2) is 4.78. The summed E-state index contributed by atoms with van der Waals surface area (Å²) >= 11 is 0. The third-order valence-electron chi connectivity index (χ3n) is 3.29. The molecular formula is C11H20N2O. The minimum Gasteiger partial charge on any atom is -0.343 e. The Morgan fingerprint density at radius 3 is 2.64 bits per heavy atom. The Bertz CT molecular complexity index is 193. The van der Waals surface area contributed by atoms with Crippen LogP contribution in [0.2, 0.25) is 0 Å². The van der Waals surface area contributed by atoms with E-state index in [1.165, 1.54) is 32.1 Å². The van der Waals surface area contributed by atoms with Crippen molar-refractivity contribution in [1.82, 2.24) is 10.2 Å². The van der Waals surface area contributed by atoms with Crippen molar-refractivity contribution in [3.8, 4) is 0 Å². The standard InChI is InChI=1S/C11H20N2O/c14-11(9-10-5-4-6-12-10)13-7-2-1-3-8-13/h10,12H,1-9H2/t10-/m0/s1. The van der Waals surface area contributed by atoms with Gasteiger partial charge in [-0.1, -0.05) is 0 Å².